The predicted molar refractivity (Wildman–Crippen MR) is 272 cm³/mol. The normalized spacial score (nSPS) is 13.0. The second-order valence-electron chi connectivity index (χ2n) is 17.6. The summed E-state index contributed by atoms with van der Waals surface area (Å²) in [5, 5.41) is 24.2. The van der Waals surface area contributed by atoms with Gasteiger partial charge in [-0.05, 0) is 154 Å². The second kappa shape index (κ2) is 14.5. The first-order chi connectivity index (χ1) is 33.6. The van der Waals surface area contributed by atoms with Crippen molar-refractivity contribution in [1.29, 1.82) is 10.5 Å². The molecule has 1 aliphatic heterocycles. The van der Waals surface area contributed by atoms with E-state index in [1.54, 1.807) is 0 Å². The Kier molecular flexibility index (Phi) is 8.16. The summed E-state index contributed by atoms with van der Waals surface area (Å²) in [6, 6.07) is 73.4. The Labute approximate surface area is 395 Å². The monoisotopic (exact) mass is 882 g/mol. The molecule has 6 nitrogen and oxygen atoms in total. The Bertz CT molecular complexity index is 3940. The van der Waals surface area contributed by atoms with E-state index in [1.807, 2.05) is 72.7 Å². The maximum absolute atomic E-state index is 9.96. The molecule has 2 aliphatic rings. The third-order valence-electron chi connectivity index (χ3n) is 14.1. The first kappa shape index (κ1) is 38.3. The molecule has 12 aromatic rings. The summed E-state index contributed by atoms with van der Waals surface area (Å²) in [6.45, 7) is 0. The van der Waals surface area contributed by atoms with Crippen LogP contribution in [0.3, 0.4) is 0 Å². The van der Waals surface area contributed by atoms with Crippen molar-refractivity contribution in [3.8, 4) is 57.2 Å². The number of pyridine rings is 2. The van der Waals surface area contributed by atoms with E-state index in [0.717, 1.165) is 99.8 Å². The van der Waals surface area contributed by atoms with E-state index in [-0.39, 0.29) is 0 Å². The van der Waals surface area contributed by atoms with Gasteiger partial charge < -0.3 is 9.13 Å². The van der Waals surface area contributed by atoms with Crippen molar-refractivity contribution in [2.45, 2.75) is 15.2 Å². The number of rotatable bonds is 4. The Morgan fingerprint density at radius 1 is 0.382 bits per heavy atom. The fraction of sp³-hybridized carbons (Fsp3) is 0.0164. The van der Waals surface area contributed by atoms with Gasteiger partial charge in [0.25, 0.3) is 0 Å². The number of hydrogen-bond donors (Lipinski definition) is 0. The van der Waals surface area contributed by atoms with Crippen molar-refractivity contribution in [2.75, 3.05) is 0 Å². The van der Waals surface area contributed by atoms with Crippen LogP contribution in [0.4, 0.5) is 0 Å². The molecule has 7 heteroatoms. The van der Waals surface area contributed by atoms with Crippen LogP contribution in [0.15, 0.2) is 216 Å². The summed E-state index contributed by atoms with van der Waals surface area (Å²) in [7, 11) is 0. The minimum atomic E-state index is -0.651. The zero-order valence-electron chi connectivity index (χ0n) is 36.2. The molecule has 5 heterocycles. The summed E-state index contributed by atoms with van der Waals surface area (Å²) in [6.07, 6.45) is 3.74. The molecule has 4 aromatic heterocycles. The highest BCUT2D eigenvalue weighted by molar-refractivity contribution is 7.99. The number of nitrogens with zero attached hydrogens (tertiary/aromatic N) is 6. The highest BCUT2D eigenvalue weighted by atomic mass is 32.2. The lowest BCUT2D eigenvalue weighted by molar-refractivity contribution is 0.720. The van der Waals surface area contributed by atoms with Crippen LogP contribution in [-0.4, -0.2) is 19.1 Å². The Morgan fingerprint density at radius 3 is 1.22 bits per heavy atom. The van der Waals surface area contributed by atoms with Crippen LogP contribution in [0.25, 0.3) is 88.6 Å². The first-order valence-electron chi connectivity index (χ1n) is 22.6. The summed E-state index contributed by atoms with van der Waals surface area (Å²) in [5.74, 6) is 0. The minimum Gasteiger partial charge on any atom is -0.309 e. The lowest BCUT2D eigenvalue weighted by Gasteiger charge is -2.39. The number of fused-ring (bicyclic) bond motifs is 15. The van der Waals surface area contributed by atoms with E-state index in [1.165, 1.54) is 20.9 Å². The van der Waals surface area contributed by atoms with Gasteiger partial charge in [-0.15, -0.1) is 0 Å². The van der Waals surface area contributed by atoms with E-state index in [4.69, 9.17) is 9.97 Å². The molecule has 0 amide bonds. The van der Waals surface area contributed by atoms with Crippen molar-refractivity contribution in [2.24, 2.45) is 0 Å². The molecule has 1 aliphatic carbocycles. The van der Waals surface area contributed by atoms with Crippen LogP contribution < -0.4 is 0 Å². The third-order valence-corrected chi connectivity index (χ3v) is 15.2. The predicted octanol–water partition coefficient (Wildman–Crippen LogP) is 14.6. The molecule has 8 aromatic carbocycles. The van der Waals surface area contributed by atoms with Gasteiger partial charge in [-0.1, -0.05) is 96.7 Å². The SMILES string of the molecule is N#Cc1ccc2c(c1)c1cc(-c3ccc4c(c3)Sc3cc(-c5ccc6c(c5)c5cc(C#N)ccc5n6-c5ccccc5)ccc3C43c4cccnc4-c4ncccc43)ccc1n2-c1ccccc1. The van der Waals surface area contributed by atoms with Crippen LogP contribution in [0, 0.1) is 22.7 Å². The minimum absolute atomic E-state index is 0.636. The molecule has 0 N–H and O–H groups in total. The quantitative estimate of drug-likeness (QED) is 0.176. The highest BCUT2D eigenvalue weighted by Crippen LogP contribution is 2.62. The maximum atomic E-state index is 9.96. The van der Waals surface area contributed by atoms with Crippen LogP contribution in [0.5, 0.6) is 0 Å². The van der Waals surface area contributed by atoms with Crippen molar-refractivity contribution >= 4 is 55.4 Å². The molecule has 314 valence electrons. The molecule has 0 atom stereocenters. The number of para-hydroxylation sites is 2. The molecule has 0 fully saturated rings. The van der Waals surface area contributed by atoms with Gasteiger partial charge in [0.05, 0.1) is 62.1 Å². The van der Waals surface area contributed by atoms with Gasteiger partial charge in [0.1, 0.15) is 0 Å². The lowest BCUT2D eigenvalue weighted by atomic mass is 9.67. The van der Waals surface area contributed by atoms with Crippen molar-refractivity contribution in [3.05, 3.63) is 240 Å². The van der Waals surface area contributed by atoms with Gasteiger partial charge >= 0.3 is 0 Å². The fourth-order valence-electron chi connectivity index (χ4n) is 11.2. The zero-order chi connectivity index (χ0) is 45.1. The Morgan fingerprint density at radius 2 is 0.779 bits per heavy atom. The van der Waals surface area contributed by atoms with E-state index in [0.29, 0.717) is 11.1 Å². The van der Waals surface area contributed by atoms with Crippen molar-refractivity contribution in [3.63, 3.8) is 0 Å². The number of nitriles is 2. The third kappa shape index (κ3) is 5.34. The molecule has 0 saturated heterocycles. The summed E-state index contributed by atoms with van der Waals surface area (Å²) < 4.78 is 4.58. The van der Waals surface area contributed by atoms with Gasteiger partial charge in [-0.3, -0.25) is 9.97 Å². The van der Waals surface area contributed by atoms with E-state index in [9.17, 15) is 10.5 Å². The maximum Gasteiger partial charge on any atom is 0.0991 e. The average Bonchev–Trinajstić information content (AvgIpc) is 4.02. The van der Waals surface area contributed by atoms with Crippen LogP contribution in [-0.2, 0) is 5.41 Å². The molecule has 68 heavy (non-hydrogen) atoms. The van der Waals surface area contributed by atoms with E-state index < -0.39 is 5.41 Å². The van der Waals surface area contributed by atoms with Gasteiger partial charge in [0, 0.05) is 55.1 Å². The molecule has 0 saturated carbocycles. The molecular formula is C61H34N6S. The summed E-state index contributed by atoms with van der Waals surface area (Å²) in [5.41, 5.74) is 18.0. The van der Waals surface area contributed by atoms with Gasteiger partial charge in [-0.25, -0.2) is 0 Å². The highest BCUT2D eigenvalue weighted by Gasteiger charge is 2.51. The zero-order valence-corrected chi connectivity index (χ0v) is 37.0. The average molecular weight is 883 g/mol. The first-order valence-corrected chi connectivity index (χ1v) is 23.4. The molecule has 0 bridgehead atoms. The van der Waals surface area contributed by atoms with Crippen LogP contribution in [0.2, 0.25) is 0 Å². The Hall–Kier alpha value is -9.01. The van der Waals surface area contributed by atoms with E-state index >= 15 is 0 Å². The number of aromatic nitrogens is 4. The second-order valence-corrected chi connectivity index (χ2v) is 18.7. The summed E-state index contributed by atoms with van der Waals surface area (Å²) >= 11 is 1.81. The molecule has 1 spiro atoms. The van der Waals surface area contributed by atoms with Gasteiger partial charge in [0.2, 0.25) is 0 Å². The molecule has 14 rings (SSSR count). The molecule has 0 radical (unpaired) electrons. The molecular weight excluding hydrogens is 849 g/mol. The fourth-order valence-corrected chi connectivity index (χ4v) is 12.5. The largest absolute Gasteiger partial charge is 0.309 e. The standard InChI is InChI=1S/C61H34N6S/c62-35-37-15-23-53-45(29-37)47-31-39(19-25-55(47)66(53)43-9-3-1-4-10-43)41-17-21-49-57(33-41)68-58-34-42(18-22-50(58)61(49)51-13-7-27-64-59(51)60-52(61)14-8-28-65-60)40-20-26-56-48(32-40)46-30-38(36-63)16-24-54(46)67(56)44-11-5-2-6-12-44/h1-34H. The Balaban J connectivity index is 0.965. The van der Waals surface area contributed by atoms with Crippen LogP contribution in [0.1, 0.15) is 33.4 Å². The molecule has 0 unspecified atom stereocenters. The van der Waals surface area contributed by atoms with Crippen LogP contribution >= 0.6 is 11.8 Å². The lowest BCUT2D eigenvalue weighted by Crippen LogP contribution is -2.32. The van der Waals surface area contributed by atoms with Gasteiger partial charge in [0.15, 0.2) is 0 Å². The summed E-state index contributed by atoms with van der Waals surface area (Å²) in [4.78, 5) is 12.3. The van der Waals surface area contributed by atoms with E-state index in [2.05, 4.69) is 167 Å². The smallest absolute Gasteiger partial charge is 0.0991 e. The van der Waals surface area contributed by atoms with Crippen molar-refractivity contribution < 1.29 is 0 Å². The topological polar surface area (TPSA) is 83.2 Å². The number of hydrogen-bond acceptors (Lipinski definition) is 5. The van der Waals surface area contributed by atoms with Gasteiger partial charge in [-0.2, -0.15) is 10.5 Å². The number of benzene rings is 8. The van der Waals surface area contributed by atoms with Crippen molar-refractivity contribution in [1.82, 2.24) is 19.1 Å².